The van der Waals surface area contributed by atoms with Crippen molar-refractivity contribution in [2.45, 2.75) is 19.8 Å². The Labute approximate surface area is 191 Å². The molecular formula is C24H25FN6O2. The zero-order valence-corrected chi connectivity index (χ0v) is 18.6. The second kappa shape index (κ2) is 9.56. The van der Waals surface area contributed by atoms with E-state index >= 15 is 0 Å². The zero-order chi connectivity index (χ0) is 23.4. The van der Waals surface area contributed by atoms with Crippen LogP contribution >= 0.6 is 0 Å². The maximum Gasteiger partial charge on any atom is 0.324 e. The van der Waals surface area contributed by atoms with Crippen molar-refractivity contribution in [3.8, 4) is 11.4 Å². The number of hydrogen-bond donors (Lipinski definition) is 2. The van der Waals surface area contributed by atoms with Crippen LogP contribution in [0.3, 0.4) is 0 Å². The number of pyridine rings is 1. The van der Waals surface area contributed by atoms with Gasteiger partial charge in [0.2, 0.25) is 0 Å². The summed E-state index contributed by atoms with van der Waals surface area (Å²) in [6, 6.07) is 9.67. The number of anilines is 2. The van der Waals surface area contributed by atoms with Gasteiger partial charge >= 0.3 is 6.03 Å². The third kappa shape index (κ3) is 5.57. The molecule has 170 valence electrons. The quantitative estimate of drug-likeness (QED) is 0.561. The van der Waals surface area contributed by atoms with Crippen LogP contribution < -0.4 is 15.4 Å². The van der Waals surface area contributed by atoms with E-state index in [0.29, 0.717) is 22.9 Å². The smallest absolute Gasteiger partial charge is 0.324 e. The molecule has 3 aromatic rings. The average molecular weight is 449 g/mol. The lowest BCUT2D eigenvalue weighted by atomic mass is 10.1. The fourth-order valence-electron chi connectivity index (χ4n) is 3.14. The number of nitrogens with zero attached hydrogens (tertiary/aromatic N) is 4. The summed E-state index contributed by atoms with van der Waals surface area (Å²) >= 11 is 0. The van der Waals surface area contributed by atoms with Crippen molar-refractivity contribution in [1.82, 2.24) is 19.7 Å². The van der Waals surface area contributed by atoms with Crippen molar-refractivity contribution in [1.29, 1.82) is 0 Å². The monoisotopic (exact) mass is 448 g/mol. The molecule has 1 aliphatic heterocycles. The van der Waals surface area contributed by atoms with E-state index in [1.165, 1.54) is 16.9 Å². The van der Waals surface area contributed by atoms with Gasteiger partial charge in [0.25, 0.3) is 0 Å². The molecule has 0 fully saturated rings. The van der Waals surface area contributed by atoms with Crippen LogP contribution in [0.15, 0.2) is 72.9 Å². The average Bonchev–Trinajstić information content (AvgIpc) is 3.21. The lowest BCUT2D eigenvalue weighted by molar-refractivity contribution is 0.262. The van der Waals surface area contributed by atoms with Gasteiger partial charge < -0.3 is 15.0 Å². The standard InChI is InChI=1S/C24H25FN6O2/c1-16(2)22-13-23(31(29-22)19-12-17(25)14-26-15-19)28-24(32)27-18-4-6-20(7-5-18)33-21-8-10-30(3)11-9-21/h4-10,12-16H,11H2,1-3H3,(H2,27,28,32). The summed E-state index contributed by atoms with van der Waals surface area (Å²) in [6.45, 7) is 4.76. The maximum absolute atomic E-state index is 13.7. The third-order valence-corrected chi connectivity index (χ3v) is 4.92. The van der Waals surface area contributed by atoms with Gasteiger partial charge in [-0.05, 0) is 42.3 Å². The van der Waals surface area contributed by atoms with Crippen LogP contribution in [-0.4, -0.2) is 39.3 Å². The van der Waals surface area contributed by atoms with E-state index in [1.807, 2.05) is 44.1 Å². The summed E-state index contributed by atoms with van der Waals surface area (Å²) in [5, 5.41) is 10.1. The second-order valence-electron chi connectivity index (χ2n) is 7.95. The lowest BCUT2D eigenvalue weighted by Gasteiger charge is -2.17. The Morgan fingerprint density at radius 2 is 1.94 bits per heavy atom. The van der Waals surface area contributed by atoms with E-state index in [4.69, 9.17) is 4.74 Å². The lowest BCUT2D eigenvalue weighted by Crippen LogP contribution is -2.21. The Bertz CT molecular complexity index is 1200. The van der Waals surface area contributed by atoms with Crippen LogP contribution in [-0.2, 0) is 0 Å². The molecule has 0 bridgehead atoms. The van der Waals surface area contributed by atoms with Crippen molar-refractivity contribution in [2.75, 3.05) is 24.2 Å². The first-order valence-electron chi connectivity index (χ1n) is 10.5. The Kier molecular flexibility index (Phi) is 6.39. The number of amides is 2. The molecule has 9 heteroatoms. The van der Waals surface area contributed by atoms with E-state index in [2.05, 4.69) is 20.7 Å². The van der Waals surface area contributed by atoms with Crippen LogP contribution in [0.2, 0.25) is 0 Å². The minimum Gasteiger partial charge on any atom is -0.458 e. The number of allylic oxidation sites excluding steroid dienone is 1. The summed E-state index contributed by atoms with van der Waals surface area (Å²) in [7, 11) is 1.99. The number of nitrogens with one attached hydrogen (secondary N) is 2. The molecule has 0 radical (unpaired) electrons. The number of urea groups is 1. The molecule has 0 atom stereocenters. The van der Waals surface area contributed by atoms with Crippen LogP contribution in [0, 0.1) is 5.82 Å². The molecule has 0 unspecified atom stereocenters. The largest absolute Gasteiger partial charge is 0.458 e. The molecule has 8 nitrogen and oxygen atoms in total. The Morgan fingerprint density at radius 3 is 2.61 bits per heavy atom. The first-order chi connectivity index (χ1) is 15.9. The minimum absolute atomic E-state index is 0.124. The molecule has 3 heterocycles. The van der Waals surface area contributed by atoms with Crippen LogP contribution in [0.4, 0.5) is 20.7 Å². The number of hydrogen-bond acceptors (Lipinski definition) is 5. The molecule has 2 amide bonds. The molecule has 2 N–H and O–H groups in total. The number of rotatable bonds is 6. The molecule has 2 aromatic heterocycles. The highest BCUT2D eigenvalue weighted by molar-refractivity contribution is 5.99. The van der Waals surface area contributed by atoms with Crippen molar-refractivity contribution in [3.05, 3.63) is 84.4 Å². The van der Waals surface area contributed by atoms with E-state index in [9.17, 15) is 9.18 Å². The summed E-state index contributed by atoms with van der Waals surface area (Å²) < 4.78 is 21.0. The van der Waals surface area contributed by atoms with Gasteiger partial charge in [-0.2, -0.15) is 5.10 Å². The predicted octanol–water partition coefficient (Wildman–Crippen LogP) is 4.90. The molecule has 33 heavy (non-hydrogen) atoms. The number of carbonyl (C=O) groups is 1. The number of carbonyl (C=O) groups excluding carboxylic acids is 1. The van der Waals surface area contributed by atoms with Crippen molar-refractivity contribution >= 4 is 17.5 Å². The van der Waals surface area contributed by atoms with Gasteiger partial charge in [-0.1, -0.05) is 13.8 Å². The molecule has 4 rings (SSSR count). The Balaban J connectivity index is 1.44. The normalized spacial score (nSPS) is 13.1. The van der Waals surface area contributed by atoms with E-state index in [1.54, 1.807) is 30.3 Å². The van der Waals surface area contributed by atoms with Crippen LogP contribution in [0.5, 0.6) is 5.75 Å². The van der Waals surface area contributed by atoms with Gasteiger partial charge in [0.1, 0.15) is 23.1 Å². The fourth-order valence-corrected chi connectivity index (χ4v) is 3.14. The molecule has 0 spiro atoms. The summed E-state index contributed by atoms with van der Waals surface area (Å²) in [5.41, 5.74) is 1.76. The highest BCUT2D eigenvalue weighted by atomic mass is 19.1. The maximum atomic E-state index is 13.7. The zero-order valence-electron chi connectivity index (χ0n) is 18.6. The molecule has 0 aliphatic carbocycles. The summed E-state index contributed by atoms with van der Waals surface area (Å²) in [6.07, 6.45) is 8.43. The minimum atomic E-state index is -0.488. The highest BCUT2D eigenvalue weighted by Gasteiger charge is 2.15. The second-order valence-corrected chi connectivity index (χ2v) is 7.95. The molecular weight excluding hydrogens is 423 g/mol. The number of halogens is 1. The number of ether oxygens (including phenoxy) is 1. The van der Waals surface area contributed by atoms with E-state index in [0.717, 1.165) is 24.2 Å². The molecule has 0 saturated carbocycles. The predicted molar refractivity (Wildman–Crippen MR) is 125 cm³/mol. The number of benzene rings is 1. The van der Waals surface area contributed by atoms with Gasteiger partial charge in [0.15, 0.2) is 0 Å². The topological polar surface area (TPSA) is 84.3 Å². The van der Waals surface area contributed by atoms with Crippen molar-refractivity contribution in [3.63, 3.8) is 0 Å². The van der Waals surface area contributed by atoms with Gasteiger partial charge in [0, 0.05) is 37.6 Å². The SMILES string of the molecule is CC(C)c1cc(NC(=O)Nc2ccc(OC3=CCN(C)C=C3)cc2)n(-c2cncc(F)c2)n1. The van der Waals surface area contributed by atoms with Crippen molar-refractivity contribution < 1.29 is 13.9 Å². The van der Waals surface area contributed by atoms with Crippen LogP contribution in [0.1, 0.15) is 25.5 Å². The number of aromatic nitrogens is 3. The highest BCUT2D eigenvalue weighted by Crippen LogP contribution is 2.23. The Morgan fingerprint density at radius 1 is 1.15 bits per heavy atom. The summed E-state index contributed by atoms with van der Waals surface area (Å²) in [4.78, 5) is 18.5. The molecule has 0 saturated heterocycles. The van der Waals surface area contributed by atoms with Crippen LogP contribution in [0.25, 0.3) is 5.69 Å². The summed E-state index contributed by atoms with van der Waals surface area (Å²) in [5.74, 6) is 1.48. The van der Waals surface area contributed by atoms with Gasteiger partial charge in [-0.25, -0.2) is 13.9 Å². The van der Waals surface area contributed by atoms with Gasteiger partial charge in [-0.15, -0.1) is 0 Å². The van der Waals surface area contributed by atoms with E-state index < -0.39 is 11.8 Å². The number of likely N-dealkylation sites (N-methyl/N-ethyl adjacent to an activating group) is 1. The van der Waals surface area contributed by atoms with E-state index in [-0.39, 0.29) is 5.92 Å². The van der Waals surface area contributed by atoms with Gasteiger partial charge in [-0.3, -0.25) is 10.3 Å². The first-order valence-corrected chi connectivity index (χ1v) is 10.5. The molecule has 1 aliphatic rings. The van der Waals surface area contributed by atoms with Crippen molar-refractivity contribution in [2.24, 2.45) is 0 Å². The van der Waals surface area contributed by atoms with Gasteiger partial charge in [0.05, 0.1) is 23.8 Å². The first kappa shape index (κ1) is 22.1. The fraction of sp³-hybridized carbons (Fsp3) is 0.208. The third-order valence-electron chi connectivity index (χ3n) is 4.92. The molecule has 1 aromatic carbocycles. The Hall–Kier alpha value is -4.14.